The predicted molar refractivity (Wildman–Crippen MR) is 89.9 cm³/mol. The summed E-state index contributed by atoms with van der Waals surface area (Å²) in [6.07, 6.45) is -1.98. The number of aryl methyl sites for hydroxylation is 1. The molecule has 0 unspecified atom stereocenters. The molecule has 2 rings (SSSR count). The maximum atomic E-state index is 12.5. The normalized spacial score (nSPS) is 11.6. The number of amides is 1. The number of rotatable bonds is 7. The van der Waals surface area contributed by atoms with Gasteiger partial charge in [0.15, 0.2) is 0 Å². The zero-order valence-corrected chi connectivity index (χ0v) is 14.9. The highest BCUT2D eigenvalue weighted by molar-refractivity contribution is 7.99. The van der Waals surface area contributed by atoms with E-state index < -0.39 is 11.7 Å². The number of halogens is 4. The van der Waals surface area contributed by atoms with Gasteiger partial charge in [-0.2, -0.15) is 18.3 Å². The highest BCUT2D eigenvalue weighted by Gasteiger charge is 2.31. The molecule has 0 radical (unpaired) electrons. The minimum atomic E-state index is -4.48. The molecule has 0 saturated heterocycles. The van der Waals surface area contributed by atoms with Gasteiger partial charge < -0.3 is 5.32 Å². The second-order valence-electron chi connectivity index (χ2n) is 5.14. The Labute approximate surface area is 151 Å². The zero-order valence-electron chi connectivity index (χ0n) is 13.3. The van der Waals surface area contributed by atoms with Gasteiger partial charge >= 0.3 is 6.18 Å². The van der Waals surface area contributed by atoms with E-state index in [1.807, 2.05) is 6.92 Å². The lowest BCUT2D eigenvalue weighted by Crippen LogP contribution is -2.26. The first-order valence-electron chi connectivity index (χ1n) is 7.49. The van der Waals surface area contributed by atoms with Crippen LogP contribution in [0.25, 0.3) is 0 Å². The summed E-state index contributed by atoms with van der Waals surface area (Å²) in [5.41, 5.74) is 0.304. The number of aromatic nitrogens is 3. The van der Waals surface area contributed by atoms with Crippen molar-refractivity contribution in [1.29, 1.82) is 0 Å². The summed E-state index contributed by atoms with van der Waals surface area (Å²) >= 11 is 6.98. The molecular formula is C15H16ClF3N4OS. The maximum Gasteiger partial charge on any atom is 0.417 e. The van der Waals surface area contributed by atoms with Crippen molar-refractivity contribution < 1.29 is 18.0 Å². The van der Waals surface area contributed by atoms with Crippen LogP contribution in [0.2, 0.25) is 5.02 Å². The average molecular weight is 393 g/mol. The molecule has 0 aliphatic heterocycles. The summed E-state index contributed by atoms with van der Waals surface area (Å²) in [6, 6.07) is 2.54. The molecule has 0 aliphatic carbocycles. The van der Waals surface area contributed by atoms with Crippen molar-refractivity contribution in [3.8, 4) is 0 Å². The monoisotopic (exact) mass is 392 g/mol. The van der Waals surface area contributed by atoms with E-state index >= 15 is 0 Å². The Morgan fingerprint density at radius 3 is 2.80 bits per heavy atom. The maximum absolute atomic E-state index is 12.5. The SMILES string of the molecule is CCCc1cc(C(=O)NCCSc2ncc(C(F)(F)F)cc2Cl)n[nH]1. The summed E-state index contributed by atoms with van der Waals surface area (Å²) in [5, 5.41) is 9.63. The molecule has 2 aromatic rings. The summed E-state index contributed by atoms with van der Waals surface area (Å²) < 4.78 is 37.6. The Balaban J connectivity index is 1.81. The van der Waals surface area contributed by atoms with E-state index in [0.717, 1.165) is 42.6 Å². The van der Waals surface area contributed by atoms with Crippen LogP contribution in [-0.2, 0) is 12.6 Å². The van der Waals surface area contributed by atoms with Crippen molar-refractivity contribution in [3.63, 3.8) is 0 Å². The van der Waals surface area contributed by atoms with Crippen LogP contribution in [0.4, 0.5) is 13.2 Å². The topological polar surface area (TPSA) is 70.7 Å². The quantitative estimate of drug-likeness (QED) is 0.553. The molecule has 136 valence electrons. The fraction of sp³-hybridized carbons (Fsp3) is 0.400. The van der Waals surface area contributed by atoms with E-state index in [1.165, 1.54) is 0 Å². The second kappa shape index (κ2) is 8.57. The lowest BCUT2D eigenvalue weighted by Gasteiger charge is -2.09. The molecule has 2 N–H and O–H groups in total. The van der Waals surface area contributed by atoms with Gasteiger partial charge in [-0.15, -0.1) is 11.8 Å². The van der Waals surface area contributed by atoms with Gasteiger partial charge in [0.2, 0.25) is 0 Å². The zero-order chi connectivity index (χ0) is 18.4. The molecule has 0 saturated carbocycles. The van der Waals surface area contributed by atoms with Crippen LogP contribution >= 0.6 is 23.4 Å². The van der Waals surface area contributed by atoms with Crippen molar-refractivity contribution in [2.45, 2.75) is 31.0 Å². The Morgan fingerprint density at radius 2 is 2.16 bits per heavy atom. The third kappa shape index (κ3) is 5.64. The van der Waals surface area contributed by atoms with E-state index in [4.69, 9.17) is 11.6 Å². The van der Waals surface area contributed by atoms with Crippen molar-refractivity contribution in [3.05, 3.63) is 40.3 Å². The van der Waals surface area contributed by atoms with Crippen molar-refractivity contribution in [1.82, 2.24) is 20.5 Å². The number of carbonyl (C=O) groups excluding carboxylic acids is 1. The first-order valence-corrected chi connectivity index (χ1v) is 8.85. The molecule has 0 aliphatic rings. The Bertz CT molecular complexity index is 736. The number of thioether (sulfide) groups is 1. The number of carbonyl (C=O) groups is 1. The van der Waals surface area contributed by atoms with Gasteiger partial charge in [0, 0.05) is 24.2 Å². The first kappa shape index (κ1) is 19.6. The van der Waals surface area contributed by atoms with Gasteiger partial charge in [-0.3, -0.25) is 9.89 Å². The molecule has 25 heavy (non-hydrogen) atoms. The molecule has 0 aromatic carbocycles. The van der Waals surface area contributed by atoms with E-state index in [-0.39, 0.29) is 16.0 Å². The highest BCUT2D eigenvalue weighted by Crippen LogP contribution is 2.33. The van der Waals surface area contributed by atoms with Crippen LogP contribution in [0.1, 0.15) is 35.1 Å². The fourth-order valence-electron chi connectivity index (χ4n) is 1.96. The third-order valence-electron chi connectivity index (χ3n) is 3.14. The summed E-state index contributed by atoms with van der Waals surface area (Å²) in [5.74, 6) is 0.0986. The molecule has 2 heterocycles. The van der Waals surface area contributed by atoms with Crippen LogP contribution in [0.3, 0.4) is 0 Å². The summed E-state index contributed by atoms with van der Waals surface area (Å²) in [6.45, 7) is 2.33. The number of pyridine rings is 1. The molecular weight excluding hydrogens is 377 g/mol. The standard InChI is InChI=1S/C15H16ClF3N4OS/c1-2-3-10-7-12(23-22-10)13(24)20-4-5-25-14-11(16)6-9(8-21-14)15(17,18)19/h6-8H,2-5H2,1H3,(H,20,24)(H,22,23). The van der Waals surface area contributed by atoms with Crippen LogP contribution < -0.4 is 5.32 Å². The predicted octanol–water partition coefficient (Wildman–Crippen LogP) is 3.95. The number of nitrogens with zero attached hydrogens (tertiary/aromatic N) is 2. The Kier molecular flexibility index (Phi) is 6.71. The lowest BCUT2D eigenvalue weighted by atomic mass is 10.2. The average Bonchev–Trinajstić information content (AvgIpc) is 3.00. The van der Waals surface area contributed by atoms with E-state index in [9.17, 15) is 18.0 Å². The number of hydrogen-bond donors (Lipinski definition) is 2. The van der Waals surface area contributed by atoms with Gasteiger partial charge in [0.25, 0.3) is 5.91 Å². The molecule has 0 bridgehead atoms. The molecule has 0 atom stereocenters. The third-order valence-corrected chi connectivity index (χ3v) is 4.55. The molecule has 1 amide bonds. The Morgan fingerprint density at radius 1 is 1.40 bits per heavy atom. The largest absolute Gasteiger partial charge is 0.417 e. The van der Waals surface area contributed by atoms with Crippen LogP contribution in [0, 0.1) is 0 Å². The van der Waals surface area contributed by atoms with Crippen LogP contribution in [-0.4, -0.2) is 33.4 Å². The van der Waals surface area contributed by atoms with Crippen LogP contribution in [0.5, 0.6) is 0 Å². The smallest absolute Gasteiger partial charge is 0.350 e. The lowest BCUT2D eigenvalue weighted by molar-refractivity contribution is -0.137. The van der Waals surface area contributed by atoms with E-state index in [0.29, 0.717) is 18.0 Å². The van der Waals surface area contributed by atoms with Gasteiger partial charge in [-0.25, -0.2) is 4.98 Å². The molecule has 0 fully saturated rings. The minimum Gasteiger partial charge on any atom is -0.350 e. The van der Waals surface area contributed by atoms with E-state index in [1.54, 1.807) is 6.07 Å². The van der Waals surface area contributed by atoms with Crippen molar-refractivity contribution in [2.75, 3.05) is 12.3 Å². The van der Waals surface area contributed by atoms with Crippen molar-refractivity contribution in [2.24, 2.45) is 0 Å². The molecule has 5 nitrogen and oxygen atoms in total. The summed E-state index contributed by atoms with van der Waals surface area (Å²) in [7, 11) is 0. The first-order chi connectivity index (χ1) is 11.8. The number of hydrogen-bond acceptors (Lipinski definition) is 4. The fourth-order valence-corrected chi connectivity index (χ4v) is 3.02. The number of alkyl halides is 3. The number of nitrogens with one attached hydrogen (secondary N) is 2. The number of H-pyrrole nitrogens is 1. The molecule has 0 spiro atoms. The van der Waals surface area contributed by atoms with E-state index in [2.05, 4.69) is 20.5 Å². The highest BCUT2D eigenvalue weighted by atomic mass is 35.5. The van der Waals surface area contributed by atoms with Crippen molar-refractivity contribution >= 4 is 29.3 Å². The van der Waals surface area contributed by atoms with Crippen LogP contribution in [0.15, 0.2) is 23.4 Å². The van der Waals surface area contributed by atoms with Gasteiger partial charge in [0.1, 0.15) is 10.7 Å². The van der Waals surface area contributed by atoms with Gasteiger partial charge in [0.05, 0.1) is 10.6 Å². The second-order valence-corrected chi connectivity index (χ2v) is 6.63. The number of aromatic amines is 1. The van der Waals surface area contributed by atoms with Gasteiger partial charge in [-0.05, 0) is 18.6 Å². The minimum absolute atomic E-state index is 0.0670. The summed E-state index contributed by atoms with van der Waals surface area (Å²) in [4.78, 5) is 15.7. The van der Waals surface area contributed by atoms with Gasteiger partial charge in [-0.1, -0.05) is 24.9 Å². The molecule has 10 heteroatoms. The Hall–Kier alpha value is -1.74. The molecule has 2 aromatic heterocycles.